The van der Waals surface area contributed by atoms with Gasteiger partial charge in [-0.15, -0.1) is 0 Å². The topological polar surface area (TPSA) is 162 Å². The molecule has 148 valence electrons. The molecule has 1 saturated heterocycles. The van der Waals surface area contributed by atoms with Crippen molar-refractivity contribution in [3.63, 3.8) is 0 Å². The van der Waals surface area contributed by atoms with Crippen molar-refractivity contribution in [2.24, 2.45) is 5.73 Å². The van der Waals surface area contributed by atoms with Crippen molar-refractivity contribution in [1.29, 1.82) is 0 Å². The summed E-state index contributed by atoms with van der Waals surface area (Å²) in [6.07, 6.45) is 0.758. The molecule has 4 unspecified atom stereocenters. The van der Waals surface area contributed by atoms with E-state index in [1.165, 1.54) is 30.8 Å². The maximum absolute atomic E-state index is 11.9. The van der Waals surface area contributed by atoms with Crippen molar-refractivity contribution < 1.29 is 29.3 Å². The van der Waals surface area contributed by atoms with Gasteiger partial charge in [-0.2, -0.15) is 0 Å². The van der Waals surface area contributed by atoms with Crippen LogP contribution in [0.25, 0.3) is 16.7 Å². The number of ether oxygens (including phenoxy) is 2. The minimum Gasteiger partial charge on any atom is -0.463 e. The maximum Gasteiger partial charge on any atom is 0.302 e. The third kappa shape index (κ3) is 2.71. The first kappa shape index (κ1) is 18.3. The average Bonchev–Trinajstić information content (AvgIpc) is 3.06. The Morgan fingerprint density at radius 3 is 2.96 bits per heavy atom. The first-order valence-corrected chi connectivity index (χ1v) is 8.53. The van der Waals surface area contributed by atoms with E-state index in [9.17, 15) is 19.8 Å². The third-order valence-electron chi connectivity index (χ3n) is 4.91. The van der Waals surface area contributed by atoms with Crippen molar-refractivity contribution in [3.8, 4) is 0 Å². The summed E-state index contributed by atoms with van der Waals surface area (Å²) in [5, 5.41) is 24.5. The second-order valence-electron chi connectivity index (χ2n) is 6.96. The normalized spacial score (nSPS) is 29.4. The number of rotatable bonds is 3. The Balaban J connectivity index is 1.81. The van der Waals surface area contributed by atoms with Crippen LogP contribution in [0.3, 0.4) is 0 Å². The van der Waals surface area contributed by atoms with Crippen LogP contribution >= 0.6 is 0 Å². The average molecular weight is 389 g/mol. The quantitative estimate of drug-likeness (QED) is 0.495. The van der Waals surface area contributed by atoms with E-state index in [1.807, 2.05) is 0 Å². The Labute approximate surface area is 158 Å². The Hall–Kier alpha value is -3.02. The van der Waals surface area contributed by atoms with Gasteiger partial charge in [-0.3, -0.25) is 9.59 Å². The molecular weight excluding hydrogens is 370 g/mol. The van der Waals surface area contributed by atoms with Gasteiger partial charge in [0.15, 0.2) is 6.23 Å². The lowest BCUT2D eigenvalue weighted by molar-refractivity contribution is -0.147. The van der Waals surface area contributed by atoms with E-state index >= 15 is 0 Å². The van der Waals surface area contributed by atoms with Crippen molar-refractivity contribution in [2.75, 3.05) is 11.9 Å². The molecular formula is C17H19N5O6. The molecule has 0 saturated carbocycles. The number of carbonyl (C=O) groups is 2. The molecule has 4 heterocycles. The van der Waals surface area contributed by atoms with Crippen LogP contribution in [-0.4, -0.2) is 61.0 Å². The number of nitrogens with one attached hydrogen (secondary N) is 1. The van der Waals surface area contributed by atoms with E-state index in [0.717, 1.165) is 0 Å². The Bertz CT molecular complexity index is 1010. The number of nitrogens with zero attached hydrogens (tertiary/aromatic N) is 3. The zero-order valence-electron chi connectivity index (χ0n) is 15.1. The van der Waals surface area contributed by atoms with E-state index in [1.54, 1.807) is 6.20 Å². The van der Waals surface area contributed by atoms with Crippen molar-refractivity contribution >= 4 is 34.4 Å². The van der Waals surface area contributed by atoms with E-state index in [0.29, 0.717) is 16.6 Å². The number of carbonyl (C=O) groups excluding carboxylic acids is 2. The summed E-state index contributed by atoms with van der Waals surface area (Å²) < 4.78 is 12.3. The summed E-state index contributed by atoms with van der Waals surface area (Å²) in [4.78, 5) is 31.3. The highest BCUT2D eigenvalue weighted by Crippen LogP contribution is 2.42. The molecule has 5 N–H and O–H groups in total. The van der Waals surface area contributed by atoms with E-state index < -0.39 is 35.9 Å². The van der Waals surface area contributed by atoms with Gasteiger partial charge in [0.25, 0.3) is 5.91 Å². The second kappa shape index (κ2) is 6.26. The summed E-state index contributed by atoms with van der Waals surface area (Å²) in [7, 11) is 0. The highest BCUT2D eigenvalue weighted by Gasteiger charge is 2.54. The van der Waals surface area contributed by atoms with E-state index in [-0.39, 0.29) is 18.1 Å². The summed E-state index contributed by atoms with van der Waals surface area (Å²) in [5.41, 5.74) is 5.35. The minimum atomic E-state index is -1.72. The van der Waals surface area contributed by atoms with Gasteiger partial charge in [-0.05, 0) is 6.92 Å². The van der Waals surface area contributed by atoms with Crippen LogP contribution in [0.5, 0.6) is 0 Å². The van der Waals surface area contributed by atoms with Crippen LogP contribution in [0.1, 0.15) is 25.6 Å². The molecule has 11 nitrogen and oxygen atoms in total. The lowest BCUT2D eigenvalue weighted by Crippen LogP contribution is -2.44. The number of hydrogen-bond acceptors (Lipinski definition) is 9. The first-order valence-electron chi connectivity index (χ1n) is 8.53. The van der Waals surface area contributed by atoms with Gasteiger partial charge in [-0.1, -0.05) is 0 Å². The number of anilines is 1. The van der Waals surface area contributed by atoms with Crippen LogP contribution in [0.2, 0.25) is 0 Å². The number of nitrogens with two attached hydrogens (primary N) is 1. The molecule has 0 aliphatic carbocycles. The number of aliphatic hydroxyl groups is 2. The number of esters is 1. The van der Waals surface area contributed by atoms with Gasteiger partial charge >= 0.3 is 5.97 Å². The molecule has 2 aromatic rings. The van der Waals surface area contributed by atoms with Gasteiger partial charge in [0.2, 0.25) is 0 Å². The number of amides is 1. The SMILES string of the molecule is CC(=O)OCC1OC(n2cc3c4c(ncnc42)NC(=O)C=C3N)C(C)(O)C1O. The molecule has 0 spiro atoms. The smallest absolute Gasteiger partial charge is 0.302 e. The fourth-order valence-electron chi connectivity index (χ4n) is 3.53. The molecule has 0 radical (unpaired) electrons. The maximum atomic E-state index is 11.9. The fourth-order valence-corrected chi connectivity index (χ4v) is 3.53. The molecule has 4 rings (SSSR count). The van der Waals surface area contributed by atoms with Crippen molar-refractivity contribution in [1.82, 2.24) is 14.5 Å². The summed E-state index contributed by atoms with van der Waals surface area (Å²) in [5.74, 6) is -0.669. The molecule has 2 aromatic heterocycles. The van der Waals surface area contributed by atoms with Crippen LogP contribution in [0.15, 0.2) is 18.6 Å². The lowest BCUT2D eigenvalue weighted by atomic mass is 9.96. The van der Waals surface area contributed by atoms with Crippen molar-refractivity contribution in [2.45, 2.75) is 37.9 Å². The molecule has 0 bridgehead atoms. The zero-order chi connectivity index (χ0) is 20.2. The zero-order valence-corrected chi connectivity index (χ0v) is 15.1. The standard InChI is InChI=1S/C17H19N5O6/c1-7(23)27-5-10-13(25)17(2,26)16(28-10)22-4-8-9(18)3-11(24)21-14-12(8)15(22)20-6-19-14/h3-4,6,10,13,16,25-26H,5,18H2,1-2H3,(H,19,20,21,24). The molecule has 4 atom stereocenters. The number of aromatic nitrogens is 3. The minimum absolute atomic E-state index is 0.199. The Kier molecular flexibility index (Phi) is 4.10. The fraction of sp³-hybridized carbons (Fsp3) is 0.412. The monoisotopic (exact) mass is 389 g/mol. The summed E-state index contributed by atoms with van der Waals surface area (Å²) >= 11 is 0. The Morgan fingerprint density at radius 2 is 2.25 bits per heavy atom. The van der Waals surface area contributed by atoms with Gasteiger partial charge in [0, 0.05) is 30.5 Å². The van der Waals surface area contributed by atoms with Crippen LogP contribution < -0.4 is 11.1 Å². The van der Waals surface area contributed by atoms with Gasteiger partial charge < -0.3 is 35.3 Å². The molecule has 1 amide bonds. The van der Waals surface area contributed by atoms with Crippen LogP contribution in [-0.2, 0) is 19.1 Å². The predicted octanol–water partition coefficient (Wildman–Crippen LogP) is -0.745. The lowest BCUT2D eigenvalue weighted by Gasteiger charge is -2.27. The molecule has 2 aliphatic heterocycles. The number of hydrogen-bond donors (Lipinski definition) is 4. The first-order chi connectivity index (χ1) is 13.2. The molecule has 1 fully saturated rings. The summed E-state index contributed by atoms with van der Waals surface area (Å²) in [6.45, 7) is 2.44. The highest BCUT2D eigenvalue weighted by molar-refractivity contribution is 6.13. The van der Waals surface area contributed by atoms with Gasteiger partial charge in [0.05, 0.1) is 5.39 Å². The molecule has 11 heteroatoms. The largest absolute Gasteiger partial charge is 0.463 e. The predicted molar refractivity (Wildman–Crippen MR) is 95.5 cm³/mol. The van der Waals surface area contributed by atoms with Crippen LogP contribution in [0.4, 0.5) is 5.82 Å². The molecule has 28 heavy (non-hydrogen) atoms. The second-order valence-corrected chi connectivity index (χ2v) is 6.96. The van der Waals surface area contributed by atoms with Crippen LogP contribution in [0, 0.1) is 0 Å². The molecule has 2 aliphatic rings. The van der Waals surface area contributed by atoms with Gasteiger partial charge in [0.1, 0.15) is 42.2 Å². The van der Waals surface area contributed by atoms with E-state index in [2.05, 4.69) is 15.3 Å². The number of aliphatic hydroxyl groups excluding tert-OH is 1. The third-order valence-corrected chi connectivity index (χ3v) is 4.91. The highest BCUT2D eigenvalue weighted by atomic mass is 16.6. The summed E-state index contributed by atoms with van der Waals surface area (Å²) in [6, 6.07) is 0. The van der Waals surface area contributed by atoms with Crippen molar-refractivity contribution in [3.05, 3.63) is 24.2 Å². The van der Waals surface area contributed by atoms with Gasteiger partial charge in [-0.25, -0.2) is 9.97 Å². The molecule has 0 aromatic carbocycles. The van der Waals surface area contributed by atoms with E-state index in [4.69, 9.17) is 15.2 Å². The Morgan fingerprint density at radius 1 is 1.50 bits per heavy atom.